The van der Waals surface area contributed by atoms with E-state index < -0.39 is 23.7 Å². The van der Waals surface area contributed by atoms with Crippen molar-refractivity contribution in [2.45, 2.75) is 38.2 Å². The van der Waals surface area contributed by atoms with Crippen LogP contribution in [0.15, 0.2) is 0 Å². The Morgan fingerprint density at radius 3 is 2.25 bits per heavy atom. The summed E-state index contributed by atoms with van der Waals surface area (Å²) in [6.07, 6.45) is -0.601. The Morgan fingerprint density at radius 1 is 1.50 bits per heavy atom. The average molecular weight is 314 g/mol. The molecular weight excluding hydrogens is 297 g/mol. The number of thiol groups is 1. The van der Waals surface area contributed by atoms with Crippen molar-refractivity contribution in [2.24, 2.45) is 0 Å². The Morgan fingerprint density at radius 2 is 2.00 bits per heavy atom. The minimum absolute atomic E-state index is 0.0736. The van der Waals surface area contributed by atoms with Gasteiger partial charge in [-0.05, 0) is 0 Å². The molecule has 0 saturated carbocycles. The van der Waals surface area contributed by atoms with Crippen LogP contribution in [-0.4, -0.2) is 53.7 Å². The molecular formula is C9H17NO4SSe. The Balaban J connectivity index is 4.71. The van der Waals surface area contributed by atoms with Crippen LogP contribution in [-0.2, 0) is 9.53 Å². The van der Waals surface area contributed by atoms with E-state index in [0.717, 1.165) is 0 Å². The molecule has 1 N–H and O–H groups in total. The summed E-state index contributed by atoms with van der Waals surface area (Å²) in [5, 5.41) is 8.93. The summed E-state index contributed by atoms with van der Waals surface area (Å²) in [6, 6.07) is -0.928. The van der Waals surface area contributed by atoms with E-state index in [4.69, 9.17) is 9.84 Å². The number of rotatable bonds is 4. The van der Waals surface area contributed by atoms with Crippen LogP contribution in [0.4, 0.5) is 4.79 Å². The number of aliphatic carboxylic acids is 1. The normalized spacial score (nSPS) is 13.1. The molecule has 0 aromatic carbocycles. The first-order valence-electron chi connectivity index (χ1n) is 4.63. The maximum absolute atomic E-state index is 11.7. The molecule has 1 amide bonds. The number of ether oxygens (including phenoxy) is 1. The molecule has 0 spiro atoms. The van der Waals surface area contributed by atoms with Gasteiger partial charge in [0.25, 0.3) is 0 Å². The fourth-order valence-electron chi connectivity index (χ4n) is 0.888. The van der Waals surface area contributed by atoms with E-state index in [1.807, 2.05) is 0 Å². The molecule has 7 heteroatoms. The molecule has 0 aromatic rings. The Hall–Kier alpha value is -0.391. The first kappa shape index (κ1) is 15.6. The van der Waals surface area contributed by atoms with Crippen LogP contribution in [0, 0.1) is 0 Å². The fourth-order valence-corrected chi connectivity index (χ4v) is 2.73. The molecule has 5 nitrogen and oxygen atoms in total. The molecule has 0 fully saturated rings. The second kappa shape index (κ2) is 6.37. The Bertz CT molecular complexity index is 267. The van der Waals surface area contributed by atoms with Gasteiger partial charge in [-0.1, -0.05) is 0 Å². The quantitative estimate of drug-likeness (QED) is 0.606. The third-order valence-corrected chi connectivity index (χ3v) is 3.53. The molecule has 0 heterocycles. The van der Waals surface area contributed by atoms with Gasteiger partial charge in [0, 0.05) is 0 Å². The zero-order valence-corrected chi connectivity index (χ0v) is 12.4. The summed E-state index contributed by atoms with van der Waals surface area (Å²) in [5.41, 5.74) is -0.625. The van der Waals surface area contributed by atoms with Crippen LogP contribution in [0.25, 0.3) is 0 Å². The third-order valence-electron chi connectivity index (χ3n) is 1.51. The summed E-state index contributed by atoms with van der Waals surface area (Å²) in [5.74, 6) is 0.769. The van der Waals surface area contributed by atoms with Crippen LogP contribution in [0.2, 0.25) is 5.82 Å². The summed E-state index contributed by atoms with van der Waals surface area (Å²) in [4.78, 5) is 22.6. The van der Waals surface area contributed by atoms with Crippen LogP contribution < -0.4 is 0 Å². The number of carbonyl (C=O) groups is 2. The molecule has 94 valence electrons. The van der Waals surface area contributed by atoms with Gasteiger partial charge in [0.2, 0.25) is 0 Å². The third kappa shape index (κ3) is 5.09. The SMILES string of the molecule is C[Se]N(C(=O)OC(C)(C)C)C(CS)C(=O)O. The molecule has 0 aliphatic heterocycles. The van der Waals surface area contributed by atoms with E-state index in [1.165, 1.54) is 3.92 Å². The average Bonchev–Trinajstić information content (AvgIpc) is 2.09. The van der Waals surface area contributed by atoms with Gasteiger partial charge in [0.05, 0.1) is 0 Å². The monoisotopic (exact) mass is 315 g/mol. The summed E-state index contributed by atoms with van der Waals surface area (Å²) >= 11 is 3.65. The first-order chi connectivity index (χ1) is 7.22. The zero-order valence-electron chi connectivity index (χ0n) is 9.76. The Labute approximate surface area is 107 Å². The standard InChI is InChI=1S/C9H17NO4SSe/c1-9(2,3)14-8(13)10(16-4)6(5-15)7(11)12/h6,15H,5H2,1-4H3,(H,11,12). The number of amides is 1. The number of nitrogens with zero attached hydrogens (tertiary/aromatic N) is 1. The van der Waals surface area contributed by atoms with Crippen molar-refractivity contribution in [1.82, 2.24) is 3.92 Å². The van der Waals surface area contributed by atoms with Gasteiger partial charge in [0.1, 0.15) is 0 Å². The van der Waals surface area contributed by atoms with E-state index in [0.29, 0.717) is 0 Å². The number of carboxylic acid groups (broad SMARTS) is 1. The van der Waals surface area contributed by atoms with Gasteiger partial charge in [-0.15, -0.1) is 0 Å². The Kier molecular flexibility index (Phi) is 6.22. The van der Waals surface area contributed by atoms with E-state index in [-0.39, 0.29) is 20.9 Å². The molecule has 0 aliphatic carbocycles. The second-order valence-electron chi connectivity index (χ2n) is 4.03. The molecule has 0 aliphatic rings. The van der Waals surface area contributed by atoms with Crippen molar-refractivity contribution >= 4 is 39.9 Å². The van der Waals surface area contributed by atoms with Gasteiger partial charge < -0.3 is 0 Å². The van der Waals surface area contributed by atoms with Crippen molar-refractivity contribution in [3.8, 4) is 0 Å². The molecule has 1 atom stereocenters. The summed E-state index contributed by atoms with van der Waals surface area (Å²) in [7, 11) is 0. The number of hydrogen-bond donors (Lipinski definition) is 2. The van der Waals surface area contributed by atoms with Gasteiger partial charge in [-0.3, -0.25) is 0 Å². The number of carboxylic acids is 1. The number of carbonyl (C=O) groups excluding carboxylic acids is 1. The van der Waals surface area contributed by atoms with Gasteiger partial charge >= 0.3 is 107 Å². The molecule has 0 radical (unpaired) electrons. The fraction of sp³-hybridized carbons (Fsp3) is 0.778. The van der Waals surface area contributed by atoms with E-state index in [9.17, 15) is 9.59 Å². The predicted molar refractivity (Wildman–Crippen MR) is 65.0 cm³/mol. The van der Waals surface area contributed by atoms with Crippen LogP contribution >= 0.6 is 12.6 Å². The summed E-state index contributed by atoms with van der Waals surface area (Å²) < 4.78 is 6.34. The summed E-state index contributed by atoms with van der Waals surface area (Å²) in [6.45, 7) is 5.21. The van der Waals surface area contributed by atoms with Gasteiger partial charge in [-0.25, -0.2) is 0 Å². The van der Waals surface area contributed by atoms with Gasteiger partial charge in [-0.2, -0.15) is 0 Å². The van der Waals surface area contributed by atoms with Crippen molar-refractivity contribution in [3.63, 3.8) is 0 Å². The van der Waals surface area contributed by atoms with Crippen molar-refractivity contribution < 1.29 is 19.4 Å². The van der Waals surface area contributed by atoms with Gasteiger partial charge in [0.15, 0.2) is 0 Å². The zero-order chi connectivity index (χ0) is 12.9. The van der Waals surface area contributed by atoms with Crippen molar-refractivity contribution in [1.29, 1.82) is 0 Å². The van der Waals surface area contributed by atoms with Crippen LogP contribution in [0.5, 0.6) is 0 Å². The first-order valence-corrected chi connectivity index (χ1v) is 7.74. The molecule has 0 bridgehead atoms. The molecule has 0 saturated heterocycles. The van der Waals surface area contributed by atoms with Crippen LogP contribution in [0.1, 0.15) is 20.8 Å². The molecule has 0 rings (SSSR count). The maximum atomic E-state index is 11.7. The molecule has 0 aromatic heterocycles. The van der Waals surface area contributed by atoms with E-state index in [2.05, 4.69) is 12.6 Å². The van der Waals surface area contributed by atoms with E-state index in [1.54, 1.807) is 26.6 Å². The van der Waals surface area contributed by atoms with Crippen molar-refractivity contribution in [2.75, 3.05) is 5.75 Å². The number of hydrogen-bond acceptors (Lipinski definition) is 4. The van der Waals surface area contributed by atoms with Crippen molar-refractivity contribution in [3.05, 3.63) is 0 Å². The second-order valence-corrected chi connectivity index (χ2v) is 5.98. The topological polar surface area (TPSA) is 66.8 Å². The molecule has 1 unspecified atom stereocenters. The predicted octanol–water partition coefficient (Wildman–Crippen LogP) is 1.27. The molecule has 16 heavy (non-hydrogen) atoms. The minimum atomic E-state index is -1.07. The van der Waals surface area contributed by atoms with Crippen LogP contribution in [0.3, 0.4) is 0 Å². The van der Waals surface area contributed by atoms with E-state index >= 15 is 0 Å².